The molecule has 0 saturated carbocycles. The van der Waals surface area contributed by atoms with Crippen LogP contribution in [0.25, 0.3) is 11.0 Å². The van der Waals surface area contributed by atoms with E-state index in [4.69, 9.17) is 4.74 Å². The zero-order valence-electron chi connectivity index (χ0n) is 14.5. The summed E-state index contributed by atoms with van der Waals surface area (Å²) in [5.41, 5.74) is 1.75. The van der Waals surface area contributed by atoms with Crippen molar-refractivity contribution in [2.75, 3.05) is 7.05 Å². The van der Waals surface area contributed by atoms with Gasteiger partial charge in [-0.05, 0) is 12.1 Å². The van der Waals surface area contributed by atoms with E-state index in [-0.39, 0.29) is 6.54 Å². The molecular formula is C18H17N5O4. The Morgan fingerprint density at radius 1 is 1.07 bits per heavy atom. The highest BCUT2D eigenvalue weighted by Crippen LogP contribution is 2.18. The number of imide groups is 1. The van der Waals surface area contributed by atoms with Gasteiger partial charge in [-0.2, -0.15) is 0 Å². The van der Waals surface area contributed by atoms with Crippen molar-refractivity contribution >= 4 is 28.9 Å². The smallest absolute Gasteiger partial charge is 0.328 e. The second kappa shape index (κ2) is 8.09. The molecule has 0 radical (unpaired) electrons. The third-order valence-corrected chi connectivity index (χ3v) is 3.75. The Bertz CT molecular complexity index is 970. The van der Waals surface area contributed by atoms with Crippen LogP contribution in [0.5, 0.6) is 0 Å². The zero-order valence-corrected chi connectivity index (χ0v) is 14.5. The van der Waals surface area contributed by atoms with Gasteiger partial charge in [0, 0.05) is 12.6 Å². The van der Waals surface area contributed by atoms with Crippen LogP contribution in [-0.4, -0.2) is 39.9 Å². The summed E-state index contributed by atoms with van der Waals surface area (Å²) in [6.07, 6.45) is -1.27. The van der Waals surface area contributed by atoms with Crippen molar-refractivity contribution in [3.63, 3.8) is 0 Å². The van der Waals surface area contributed by atoms with Crippen LogP contribution in [0.2, 0.25) is 0 Å². The first kappa shape index (κ1) is 18.1. The summed E-state index contributed by atoms with van der Waals surface area (Å²) in [4.78, 5) is 36.2. The number of urea groups is 1. The van der Waals surface area contributed by atoms with Crippen LogP contribution < -0.4 is 10.6 Å². The maximum atomic E-state index is 12.4. The lowest BCUT2D eigenvalue weighted by atomic mass is 10.1. The summed E-state index contributed by atoms with van der Waals surface area (Å²) in [5, 5.41) is 12.3. The molecule has 0 bridgehead atoms. The van der Waals surface area contributed by atoms with Gasteiger partial charge < -0.3 is 10.1 Å². The van der Waals surface area contributed by atoms with E-state index in [9.17, 15) is 14.4 Å². The number of nitrogens with zero attached hydrogens (tertiary/aromatic N) is 3. The largest absolute Gasteiger partial charge is 0.446 e. The molecular weight excluding hydrogens is 350 g/mol. The number of benzene rings is 2. The lowest BCUT2D eigenvalue weighted by Gasteiger charge is -2.17. The Balaban J connectivity index is 1.77. The van der Waals surface area contributed by atoms with Crippen LogP contribution in [0.3, 0.4) is 0 Å². The standard InChI is InChI=1S/C18H17N5O4/c1-19-18(26)20-17(25)16(12-7-3-2-4-8-12)27-15(24)11-23-14-10-6-5-9-13(14)21-22-23/h2-10,16H,11H2,1H3,(H2,19,20,25,26). The number of ether oxygens (including phenoxy) is 1. The van der Waals surface area contributed by atoms with Crippen LogP contribution in [0.1, 0.15) is 11.7 Å². The molecule has 3 aromatic rings. The van der Waals surface area contributed by atoms with Gasteiger partial charge in [0.15, 0.2) is 0 Å². The number of fused-ring (bicyclic) bond motifs is 1. The number of rotatable bonds is 5. The molecule has 1 atom stereocenters. The van der Waals surface area contributed by atoms with E-state index in [2.05, 4.69) is 20.9 Å². The summed E-state index contributed by atoms with van der Waals surface area (Å²) >= 11 is 0. The summed E-state index contributed by atoms with van der Waals surface area (Å²) in [6, 6.07) is 14.9. The summed E-state index contributed by atoms with van der Waals surface area (Å²) < 4.78 is 6.73. The van der Waals surface area contributed by atoms with Crippen LogP contribution in [0.15, 0.2) is 54.6 Å². The topological polar surface area (TPSA) is 115 Å². The first-order valence-electron chi connectivity index (χ1n) is 8.13. The number of aromatic nitrogens is 3. The van der Waals surface area contributed by atoms with Gasteiger partial charge in [-0.25, -0.2) is 9.48 Å². The van der Waals surface area contributed by atoms with Gasteiger partial charge in [-0.15, -0.1) is 5.10 Å². The predicted molar refractivity (Wildman–Crippen MR) is 95.4 cm³/mol. The molecule has 9 nitrogen and oxygen atoms in total. The predicted octanol–water partition coefficient (Wildman–Crippen LogP) is 1.17. The van der Waals surface area contributed by atoms with E-state index in [1.807, 2.05) is 6.07 Å². The molecule has 3 amide bonds. The van der Waals surface area contributed by atoms with Crippen LogP contribution in [-0.2, 0) is 20.9 Å². The molecule has 1 heterocycles. The normalized spacial score (nSPS) is 11.6. The molecule has 0 fully saturated rings. The third-order valence-electron chi connectivity index (χ3n) is 3.75. The van der Waals surface area contributed by atoms with E-state index >= 15 is 0 Å². The molecule has 0 aliphatic heterocycles. The van der Waals surface area contributed by atoms with Crippen LogP contribution in [0, 0.1) is 0 Å². The Morgan fingerprint density at radius 3 is 2.52 bits per heavy atom. The number of hydrogen-bond acceptors (Lipinski definition) is 6. The summed E-state index contributed by atoms with van der Waals surface area (Å²) in [5.74, 6) is -1.44. The van der Waals surface area contributed by atoms with Crippen LogP contribution in [0.4, 0.5) is 4.79 Å². The highest BCUT2D eigenvalue weighted by Gasteiger charge is 2.26. The SMILES string of the molecule is CNC(=O)NC(=O)C(OC(=O)Cn1nnc2ccccc21)c1ccccc1. The minimum absolute atomic E-state index is 0.225. The molecule has 27 heavy (non-hydrogen) atoms. The van der Waals surface area contributed by atoms with Crippen molar-refractivity contribution in [2.24, 2.45) is 0 Å². The molecule has 138 valence electrons. The van der Waals surface area contributed by atoms with Gasteiger partial charge >= 0.3 is 12.0 Å². The van der Waals surface area contributed by atoms with Gasteiger partial charge in [0.1, 0.15) is 12.1 Å². The number of para-hydroxylation sites is 1. The first-order valence-corrected chi connectivity index (χ1v) is 8.13. The number of esters is 1. The lowest BCUT2D eigenvalue weighted by Crippen LogP contribution is -2.41. The number of amides is 3. The Kier molecular flexibility index (Phi) is 5.41. The number of carbonyl (C=O) groups excluding carboxylic acids is 3. The number of carbonyl (C=O) groups is 3. The monoisotopic (exact) mass is 367 g/mol. The molecule has 1 aromatic heterocycles. The Hall–Kier alpha value is -3.75. The van der Waals surface area contributed by atoms with Crippen molar-refractivity contribution in [3.8, 4) is 0 Å². The van der Waals surface area contributed by atoms with E-state index in [1.54, 1.807) is 48.5 Å². The molecule has 2 aromatic carbocycles. The maximum absolute atomic E-state index is 12.4. The molecule has 2 N–H and O–H groups in total. The fraction of sp³-hybridized carbons (Fsp3) is 0.167. The molecule has 9 heteroatoms. The van der Waals surface area contributed by atoms with Crippen molar-refractivity contribution in [1.29, 1.82) is 0 Å². The van der Waals surface area contributed by atoms with Gasteiger partial charge in [0.25, 0.3) is 5.91 Å². The average Bonchev–Trinajstić information content (AvgIpc) is 3.09. The highest BCUT2D eigenvalue weighted by atomic mass is 16.5. The second-order valence-corrected chi connectivity index (χ2v) is 5.58. The van der Waals surface area contributed by atoms with Crippen molar-refractivity contribution in [3.05, 3.63) is 60.2 Å². The van der Waals surface area contributed by atoms with E-state index in [0.29, 0.717) is 16.6 Å². The van der Waals surface area contributed by atoms with E-state index < -0.39 is 24.0 Å². The zero-order chi connectivity index (χ0) is 19.2. The second-order valence-electron chi connectivity index (χ2n) is 5.58. The van der Waals surface area contributed by atoms with Gasteiger partial charge in [-0.3, -0.25) is 14.9 Å². The Morgan fingerprint density at radius 2 is 1.78 bits per heavy atom. The molecule has 0 aliphatic carbocycles. The molecule has 0 aliphatic rings. The Labute approximate surface area is 154 Å². The van der Waals surface area contributed by atoms with E-state index in [1.165, 1.54) is 11.7 Å². The van der Waals surface area contributed by atoms with Crippen molar-refractivity contribution < 1.29 is 19.1 Å². The lowest BCUT2D eigenvalue weighted by molar-refractivity contribution is -0.156. The van der Waals surface area contributed by atoms with Gasteiger partial charge in [0.2, 0.25) is 6.10 Å². The summed E-state index contributed by atoms with van der Waals surface area (Å²) in [7, 11) is 1.38. The number of hydrogen-bond donors (Lipinski definition) is 2. The minimum Gasteiger partial charge on any atom is -0.446 e. The molecule has 0 spiro atoms. The number of nitrogens with one attached hydrogen (secondary N) is 2. The molecule has 0 saturated heterocycles. The van der Waals surface area contributed by atoms with Crippen molar-refractivity contribution in [1.82, 2.24) is 25.6 Å². The average molecular weight is 367 g/mol. The maximum Gasteiger partial charge on any atom is 0.328 e. The highest BCUT2D eigenvalue weighted by molar-refractivity contribution is 5.97. The first-order chi connectivity index (χ1) is 13.1. The van der Waals surface area contributed by atoms with E-state index in [0.717, 1.165) is 0 Å². The fourth-order valence-corrected chi connectivity index (χ4v) is 2.47. The molecule has 1 unspecified atom stereocenters. The third kappa shape index (κ3) is 4.27. The summed E-state index contributed by atoms with van der Waals surface area (Å²) in [6.45, 7) is -0.225. The van der Waals surface area contributed by atoms with Gasteiger partial charge in [0.05, 0.1) is 5.52 Å². The van der Waals surface area contributed by atoms with Crippen molar-refractivity contribution in [2.45, 2.75) is 12.6 Å². The quantitative estimate of drug-likeness (QED) is 0.654. The van der Waals surface area contributed by atoms with Crippen LogP contribution >= 0.6 is 0 Å². The van der Waals surface area contributed by atoms with Gasteiger partial charge in [-0.1, -0.05) is 47.7 Å². The molecule has 3 rings (SSSR count). The minimum atomic E-state index is -1.27. The fourth-order valence-electron chi connectivity index (χ4n) is 2.47.